The molecule has 0 unspecified atom stereocenters. The molecule has 0 fully saturated rings. The number of rotatable bonds is 8. The lowest BCUT2D eigenvalue weighted by Gasteiger charge is -2.08. The summed E-state index contributed by atoms with van der Waals surface area (Å²) in [5.74, 6) is 1.42. The van der Waals surface area contributed by atoms with Gasteiger partial charge in [-0.1, -0.05) is 41.0 Å². The van der Waals surface area contributed by atoms with Crippen LogP contribution < -0.4 is 9.47 Å². The van der Waals surface area contributed by atoms with Crippen molar-refractivity contribution in [3.05, 3.63) is 65.5 Å². The van der Waals surface area contributed by atoms with E-state index in [0.29, 0.717) is 27.9 Å². The fourth-order valence-electron chi connectivity index (χ4n) is 3.11. The molecule has 1 aromatic heterocycles. The van der Waals surface area contributed by atoms with Gasteiger partial charge < -0.3 is 18.7 Å². The quantitative estimate of drug-likeness (QED) is 0.250. The van der Waals surface area contributed by atoms with Crippen LogP contribution in [-0.4, -0.2) is 36.1 Å². The zero-order valence-corrected chi connectivity index (χ0v) is 18.9. The first-order valence-electron chi connectivity index (χ1n) is 9.59. The molecule has 0 N–H and O–H groups in total. The molecule has 0 atom stereocenters. The maximum atomic E-state index is 12.3. The van der Waals surface area contributed by atoms with Gasteiger partial charge in [-0.3, -0.25) is 4.79 Å². The average Bonchev–Trinajstić information content (AvgIpc) is 3.30. The van der Waals surface area contributed by atoms with Crippen molar-refractivity contribution in [1.29, 1.82) is 0 Å². The summed E-state index contributed by atoms with van der Waals surface area (Å²) < 4.78 is 21.1. The molecule has 0 spiro atoms. The molecule has 1 heterocycles. The second kappa shape index (κ2) is 9.93. The number of methoxy groups -OCH3 is 2. The van der Waals surface area contributed by atoms with E-state index >= 15 is 0 Å². The molecule has 9 heteroatoms. The van der Waals surface area contributed by atoms with E-state index in [4.69, 9.17) is 30.3 Å². The van der Waals surface area contributed by atoms with Gasteiger partial charge in [-0.2, -0.15) is 4.98 Å². The third kappa shape index (κ3) is 4.81. The Labute approximate surface area is 193 Å². The highest BCUT2D eigenvalue weighted by Gasteiger charge is 2.16. The SMILES string of the molecule is COc1ccc(-c2noc(COC(=O)CSc3cccc4cccc(Cl)c34)n2)c(OC)c1. The van der Waals surface area contributed by atoms with Crippen LogP contribution in [-0.2, 0) is 16.1 Å². The minimum Gasteiger partial charge on any atom is -0.497 e. The summed E-state index contributed by atoms with van der Waals surface area (Å²) in [6, 6.07) is 16.8. The molecule has 0 aliphatic rings. The number of benzene rings is 3. The maximum absolute atomic E-state index is 12.3. The molecule has 7 nitrogen and oxygen atoms in total. The number of thioether (sulfide) groups is 1. The number of hydrogen-bond acceptors (Lipinski definition) is 8. The van der Waals surface area contributed by atoms with Crippen molar-refractivity contribution in [3.63, 3.8) is 0 Å². The predicted molar refractivity (Wildman–Crippen MR) is 122 cm³/mol. The normalized spacial score (nSPS) is 10.8. The smallest absolute Gasteiger partial charge is 0.316 e. The number of hydrogen-bond donors (Lipinski definition) is 0. The lowest BCUT2D eigenvalue weighted by Crippen LogP contribution is -2.07. The highest BCUT2D eigenvalue weighted by Crippen LogP contribution is 2.34. The van der Waals surface area contributed by atoms with Gasteiger partial charge >= 0.3 is 5.97 Å². The van der Waals surface area contributed by atoms with Crippen LogP contribution in [0.4, 0.5) is 0 Å². The fourth-order valence-corrected chi connectivity index (χ4v) is 4.35. The monoisotopic (exact) mass is 470 g/mol. The zero-order valence-electron chi connectivity index (χ0n) is 17.3. The van der Waals surface area contributed by atoms with E-state index in [2.05, 4.69) is 10.1 Å². The summed E-state index contributed by atoms with van der Waals surface area (Å²) >= 11 is 7.70. The fraction of sp³-hybridized carbons (Fsp3) is 0.174. The van der Waals surface area contributed by atoms with Crippen LogP contribution >= 0.6 is 23.4 Å². The van der Waals surface area contributed by atoms with Crippen molar-refractivity contribution >= 4 is 40.1 Å². The minimum absolute atomic E-state index is 0.123. The number of ether oxygens (including phenoxy) is 3. The second-order valence-corrected chi connectivity index (χ2v) is 8.05. The molecular formula is C23H19ClN2O5S. The van der Waals surface area contributed by atoms with Crippen molar-refractivity contribution in [1.82, 2.24) is 10.1 Å². The molecule has 3 aromatic carbocycles. The molecule has 4 rings (SSSR count). The van der Waals surface area contributed by atoms with E-state index in [1.165, 1.54) is 11.8 Å². The molecule has 0 aliphatic heterocycles. The molecule has 0 saturated carbocycles. The van der Waals surface area contributed by atoms with E-state index in [1.807, 2.05) is 36.4 Å². The third-order valence-electron chi connectivity index (χ3n) is 4.64. The van der Waals surface area contributed by atoms with E-state index < -0.39 is 5.97 Å². The summed E-state index contributed by atoms with van der Waals surface area (Å²) in [7, 11) is 3.12. The van der Waals surface area contributed by atoms with E-state index in [1.54, 1.807) is 32.4 Å². The first-order valence-corrected chi connectivity index (χ1v) is 11.0. The van der Waals surface area contributed by atoms with Crippen molar-refractivity contribution in [3.8, 4) is 22.9 Å². The highest BCUT2D eigenvalue weighted by molar-refractivity contribution is 8.00. The molecule has 4 aromatic rings. The Morgan fingerprint density at radius 1 is 1.09 bits per heavy atom. The van der Waals surface area contributed by atoms with Gasteiger partial charge in [-0.05, 0) is 29.7 Å². The van der Waals surface area contributed by atoms with Crippen LogP contribution in [0.2, 0.25) is 5.02 Å². The zero-order chi connectivity index (χ0) is 22.5. The number of halogens is 1. The first kappa shape index (κ1) is 22.0. The van der Waals surface area contributed by atoms with Gasteiger partial charge in [0.2, 0.25) is 5.82 Å². The Bertz CT molecular complexity index is 1260. The van der Waals surface area contributed by atoms with Crippen molar-refractivity contribution in [2.45, 2.75) is 11.5 Å². The van der Waals surface area contributed by atoms with Gasteiger partial charge in [0.05, 0.1) is 25.5 Å². The largest absolute Gasteiger partial charge is 0.497 e. The van der Waals surface area contributed by atoms with Gasteiger partial charge in [0, 0.05) is 21.4 Å². The minimum atomic E-state index is -0.402. The van der Waals surface area contributed by atoms with E-state index in [9.17, 15) is 4.79 Å². The summed E-state index contributed by atoms with van der Waals surface area (Å²) in [4.78, 5) is 17.5. The van der Waals surface area contributed by atoms with Gasteiger partial charge in [0.25, 0.3) is 5.89 Å². The standard InChI is InChI=1S/C23H19ClN2O5S/c1-28-15-9-10-16(18(11-15)29-2)23-25-20(31-26-23)12-30-21(27)13-32-19-8-4-6-14-5-3-7-17(24)22(14)19/h3-11H,12-13H2,1-2H3. The summed E-state index contributed by atoms with van der Waals surface area (Å²) in [6.45, 7) is -0.124. The van der Waals surface area contributed by atoms with Crippen LogP contribution in [0, 0.1) is 0 Å². The first-order chi connectivity index (χ1) is 15.6. The average molecular weight is 471 g/mol. The molecule has 164 valence electrons. The number of carbonyl (C=O) groups is 1. The molecule has 0 radical (unpaired) electrons. The molecule has 0 saturated heterocycles. The Kier molecular flexibility index (Phi) is 6.82. The van der Waals surface area contributed by atoms with Crippen molar-refractivity contribution in [2.75, 3.05) is 20.0 Å². The van der Waals surface area contributed by atoms with Crippen LogP contribution in [0.1, 0.15) is 5.89 Å². The van der Waals surface area contributed by atoms with Gasteiger partial charge in [0.1, 0.15) is 11.5 Å². The lowest BCUT2D eigenvalue weighted by molar-refractivity contribution is -0.142. The van der Waals surface area contributed by atoms with Crippen molar-refractivity contribution in [2.24, 2.45) is 0 Å². The van der Waals surface area contributed by atoms with E-state index in [0.717, 1.165) is 15.7 Å². The van der Waals surface area contributed by atoms with Crippen molar-refractivity contribution < 1.29 is 23.5 Å². The molecular weight excluding hydrogens is 452 g/mol. The predicted octanol–water partition coefficient (Wildman–Crippen LogP) is 5.40. The Morgan fingerprint density at radius 2 is 1.91 bits per heavy atom. The molecule has 0 amide bonds. The lowest BCUT2D eigenvalue weighted by atomic mass is 10.1. The Hall–Kier alpha value is -3.23. The van der Waals surface area contributed by atoms with Gasteiger partial charge in [-0.25, -0.2) is 0 Å². The molecule has 0 bridgehead atoms. The molecule has 0 aliphatic carbocycles. The van der Waals surface area contributed by atoms with Crippen LogP contribution in [0.15, 0.2) is 64.0 Å². The Morgan fingerprint density at radius 3 is 2.69 bits per heavy atom. The summed E-state index contributed by atoms with van der Waals surface area (Å²) in [6.07, 6.45) is 0. The number of fused-ring (bicyclic) bond motifs is 1. The summed E-state index contributed by atoms with van der Waals surface area (Å²) in [5.41, 5.74) is 0.637. The van der Waals surface area contributed by atoms with Crippen LogP contribution in [0.3, 0.4) is 0 Å². The van der Waals surface area contributed by atoms with E-state index in [-0.39, 0.29) is 18.3 Å². The van der Waals surface area contributed by atoms with Gasteiger partial charge in [0.15, 0.2) is 6.61 Å². The third-order valence-corrected chi connectivity index (χ3v) is 5.98. The second-order valence-electron chi connectivity index (χ2n) is 6.62. The van der Waals surface area contributed by atoms with Crippen LogP contribution in [0.25, 0.3) is 22.2 Å². The number of esters is 1. The maximum Gasteiger partial charge on any atom is 0.316 e. The topological polar surface area (TPSA) is 83.7 Å². The number of nitrogens with zero attached hydrogens (tertiary/aromatic N) is 2. The Balaban J connectivity index is 1.37. The highest BCUT2D eigenvalue weighted by atomic mass is 35.5. The number of aromatic nitrogens is 2. The number of carbonyl (C=O) groups excluding carboxylic acids is 1. The van der Waals surface area contributed by atoms with Crippen LogP contribution in [0.5, 0.6) is 11.5 Å². The molecule has 32 heavy (non-hydrogen) atoms. The summed E-state index contributed by atoms with van der Waals surface area (Å²) in [5, 5.41) is 6.53. The van der Waals surface area contributed by atoms with Gasteiger partial charge in [-0.15, -0.1) is 11.8 Å².